The van der Waals surface area contributed by atoms with Gasteiger partial charge in [0.1, 0.15) is 11.6 Å². The van der Waals surface area contributed by atoms with Gasteiger partial charge in [0, 0.05) is 0 Å². The van der Waals surface area contributed by atoms with Crippen LogP contribution < -0.4 is 0 Å². The molecule has 90 valence electrons. The number of hydrogen-bond donors (Lipinski definition) is 1. The number of nitrogens with one attached hydrogen (secondary N) is 1. The Bertz CT molecular complexity index is 704. The molecule has 2 nitrogen and oxygen atoms in total. The van der Waals surface area contributed by atoms with E-state index in [0.29, 0.717) is 16.4 Å². The van der Waals surface area contributed by atoms with E-state index in [1.165, 1.54) is 12.1 Å². The predicted molar refractivity (Wildman–Crippen MR) is 71.5 cm³/mol. The number of aromatic nitrogens is 2. The molecule has 0 amide bonds. The minimum Gasteiger partial charge on any atom is -0.338 e. The first kappa shape index (κ1) is 11.5. The van der Waals surface area contributed by atoms with E-state index >= 15 is 0 Å². The summed E-state index contributed by atoms with van der Waals surface area (Å²) in [5, 5.41) is 0.335. The summed E-state index contributed by atoms with van der Waals surface area (Å²) in [6.07, 6.45) is 0. The molecular formula is C13H7Cl2FN2. The lowest BCUT2D eigenvalue weighted by atomic mass is 10.2. The molecule has 0 spiro atoms. The summed E-state index contributed by atoms with van der Waals surface area (Å²) in [5.74, 6) is -0.0535. The number of fused-ring (bicyclic) bond motifs is 1. The molecule has 2 aromatic carbocycles. The van der Waals surface area contributed by atoms with E-state index in [-0.39, 0.29) is 5.02 Å². The van der Waals surface area contributed by atoms with Gasteiger partial charge in [-0.15, -0.1) is 0 Å². The molecule has 0 radical (unpaired) electrons. The maximum absolute atomic E-state index is 13.5. The topological polar surface area (TPSA) is 28.7 Å². The van der Waals surface area contributed by atoms with Gasteiger partial charge < -0.3 is 4.98 Å². The fourth-order valence-electron chi connectivity index (χ4n) is 1.82. The Balaban J connectivity index is 2.29. The van der Waals surface area contributed by atoms with Gasteiger partial charge in [0.2, 0.25) is 0 Å². The third-order valence-electron chi connectivity index (χ3n) is 2.67. The standard InChI is InChI=1S/C13H7Cl2FN2/c14-7-5-6-8(16)12(15)11(7)13-17-9-3-1-2-4-10(9)18-13/h1-6H,(H,17,18). The monoisotopic (exact) mass is 280 g/mol. The van der Waals surface area contributed by atoms with Crippen molar-refractivity contribution in [2.24, 2.45) is 0 Å². The van der Waals surface area contributed by atoms with Crippen LogP contribution in [0.3, 0.4) is 0 Å². The second-order valence-corrected chi connectivity index (χ2v) is 4.61. The summed E-state index contributed by atoms with van der Waals surface area (Å²) in [7, 11) is 0. The van der Waals surface area contributed by atoms with Crippen LogP contribution in [0, 0.1) is 5.82 Å². The van der Waals surface area contributed by atoms with Crippen molar-refractivity contribution in [2.75, 3.05) is 0 Å². The molecule has 3 aromatic rings. The molecule has 0 aliphatic rings. The Hall–Kier alpha value is -1.58. The van der Waals surface area contributed by atoms with Crippen LogP contribution >= 0.6 is 23.2 Å². The first-order valence-electron chi connectivity index (χ1n) is 5.25. The fraction of sp³-hybridized carbons (Fsp3) is 0. The number of imidazole rings is 1. The van der Waals surface area contributed by atoms with E-state index < -0.39 is 5.82 Å². The lowest BCUT2D eigenvalue weighted by Gasteiger charge is -2.04. The van der Waals surface area contributed by atoms with Crippen LogP contribution in [0.15, 0.2) is 36.4 Å². The van der Waals surface area contributed by atoms with Gasteiger partial charge in [-0.05, 0) is 24.3 Å². The highest BCUT2D eigenvalue weighted by atomic mass is 35.5. The molecule has 0 saturated carbocycles. The lowest BCUT2D eigenvalue weighted by Crippen LogP contribution is -1.87. The highest BCUT2D eigenvalue weighted by Crippen LogP contribution is 2.35. The second-order valence-electron chi connectivity index (χ2n) is 3.82. The van der Waals surface area contributed by atoms with Crippen molar-refractivity contribution < 1.29 is 4.39 Å². The van der Waals surface area contributed by atoms with Gasteiger partial charge in [-0.2, -0.15) is 0 Å². The minimum absolute atomic E-state index is 0.0263. The number of rotatable bonds is 1. The quantitative estimate of drug-likeness (QED) is 0.645. The Kier molecular flexibility index (Phi) is 2.73. The van der Waals surface area contributed by atoms with Crippen LogP contribution in [0.1, 0.15) is 0 Å². The summed E-state index contributed by atoms with van der Waals surface area (Å²) in [6, 6.07) is 10.2. The third-order valence-corrected chi connectivity index (χ3v) is 3.35. The number of para-hydroxylation sites is 2. The Morgan fingerprint density at radius 2 is 1.83 bits per heavy atom. The highest BCUT2D eigenvalue weighted by molar-refractivity contribution is 6.39. The van der Waals surface area contributed by atoms with Crippen molar-refractivity contribution in [1.29, 1.82) is 0 Å². The van der Waals surface area contributed by atoms with Crippen LogP contribution in [-0.2, 0) is 0 Å². The lowest BCUT2D eigenvalue weighted by molar-refractivity contribution is 0.628. The maximum Gasteiger partial charge on any atom is 0.142 e. The molecule has 18 heavy (non-hydrogen) atoms. The van der Waals surface area contributed by atoms with Gasteiger partial charge in [-0.3, -0.25) is 0 Å². The molecule has 0 saturated heterocycles. The molecule has 0 fully saturated rings. The number of H-pyrrole nitrogens is 1. The fourth-order valence-corrected chi connectivity index (χ4v) is 2.36. The summed E-state index contributed by atoms with van der Waals surface area (Å²) in [4.78, 5) is 7.43. The molecule has 0 atom stereocenters. The van der Waals surface area contributed by atoms with Gasteiger partial charge in [-0.1, -0.05) is 35.3 Å². The van der Waals surface area contributed by atoms with E-state index in [9.17, 15) is 4.39 Å². The van der Waals surface area contributed by atoms with Crippen LogP contribution in [0.5, 0.6) is 0 Å². The summed E-state index contributed by atoms with van der Waals surface area (Å²) < 4.78 is 13.5. The first-order valence-corrected chi connectivity index (χ1v) is 6.01. The third kappa shape index (κ3) is 1.76. The smallest absolute Gasteiger partial charge is 0.142 e. The van der Waals surface area contributed by atoms with E-state index in [1.54, 1.807) is 0 Å². The van der Waals surface area contributed by atoms with Crippen LogP contribution in [0.2, 0.25) is 10.0 Å². The van der Waals surface area contributed by atoms with Gasteiger partial charge in [0.25, 0.3) is 0 Å². The normalized spacial score (nSPS) is 11.1. The zero-order valence-corrected chi connectivity index (χ0v) is 10.6. The Morgan fingerprint density at radius 1 is 1.06 bits per heavy atom. The molecule has 3 rings (SSSR count). The number of nitrogens with zero attached hydrogens (tertiary/aromatic N) is 1. The summed E-state index contributed by atoms with van der Waals surface area (Å²) >= 11 is 12.0. The van der Waals surface area contributed by atoms with Crippen LogP contribution in [0.25, 0.3) is 22.4 Å². The van der Waals surface area contributed by atoms with Gasteiger partial charge in [0.15, 0.2) is 0 Å². The van der Waals surface area contributed by atoms with Crippen molar-refractivity contribution >= 4 is 34.2 Å². The Labute approximate surface area is 112 Å². The second kappa shape index (κ2) is 4.26. The average Bonchev–Trinajstić information content (AvgIpc) is 2.77. The molecule has 0 aliphatic carbocycles. The minimum atomic E-state index is -0.517. The molecule has 5 heteroatoms. The number of halogens is 3. The van der Waals surface area contributed by atoms with E-state index in [0.717, 1.165) is 11.0 Å². The molecular weight excluding hydrogens is 274 g/mol. The van der Waals surface area contributed by atoms with Gasteiger partial charge in [0.05, 0.1) is 26.6 Å². The number of benzene rings is 2. The highest BCUT2D eigenvalue weighted by Gasteiger charge is 2.15. The number of hydrogen-bond acceptors (Lipinski definition) is 1. The van der Waals surface area contributed by atoms with Crippen LogP contribution in [-0.4, -0.2) is 9.97 Å². The average molecular weight is 281 g/mol. The molecule has 0 aliphatic heterocycles. The molecule has 1 heterocycles. The van der Waals surface area contributed by atoms with Crippen molar-refractivity contribution in [2.45, 2.75) is 0 Å². The van der Waals surface area contributed by atoms with E-state index in [1.807, 2.05) is 24.3 Å². The van der Waals surface area contributed by atoms with Crippen LogP contribution in [0.4, 0.5) is 4.39 Å². The Morgan fingerprint density at radius 3 is 2.61 bits per heavy atom. The molecule has 1 aromatic heterocycles. The zero-order chi connectivity index (χ0) is 12.7. The van der Waals surface area contributed by atoms with E-state index in [2.05, 4.69) is 9.97 Å². The SMILES string of the molecule is Fc1ccc(Cl)c(-c2nc3ccccc3[nH]2)c1Cl. The van der Waals surface area contributed by atoms with Crippen molar-refractivity contribution in [3.63, 3.8) is 0 Å². The molecule has 1 N–H and O–H groups in total. The molecule has 0 unspecified atom stereocenters. The van der Waals surface area contributed by atoms with Gasteiger partial charge >= 0.3 is 0 Å². The predicted octanol–water partition coefficient (Wildman–Crippen LogP) is 4.68. The first-order chi connectivity index (χ1) is 8.66. The van der Waals surface area contributed by atoms with Crippen molar-refractivity contribution in [3.8, 4) is 11.4 Å². The zero-order valence-electron chi connectivity index (χ0n) is 9.05. The van der Waals surface area contributed by atoms with Gasteiger partial charge in [-0.25, -0.2) is 9.37 Å². The molecule has 0 bridgehead atoms. The van der Waals surface area contributed by atoms with E-state index in [4.69, 9.17) is 23.2 Å². The maximum atomic E-state index is 13.5. The van der Waals surface area contributed by atoms with Crippen molar-refractivity contribution in [1.82, 2.24) is 9.97 Å². The summed E-state index contributed by atoms with van der Waals surface area (Å²) in [5.41, 5.74) is 2.02. The number of aromatic amines is 1. The summed E-state index contributed by atoms with van der Waals surface area (Å²) in [6.45, 7) is 0. The van der Waals surface area contributed by atoms with Crippen molar-refractivity contribution in [3.05, 3.63) is 52.3 Å². The largest absolute Gasteiger partial charge is 0.338 e.